The zero-order chi connectivity index (χ0) is 13.9. The molecular weight excluding hydrogens is 254 g/mol. The highest BCUT2D eigenvalue weighted by atomic mass is 16.6. The predicted octanol–water partition coefficient (Wildman–Crippen LogP) is 2.56. The van der Waals surface area contributed by atoms with Gasteiger partial charge in [-0.15, -0.1) is 0 Å². The molecule has 2 aliphatic rings. The number of aliphatic hydroxyl groups is 1. The molecular formula is C16H21NO3. The fourth-order valence-electron chi connectivity index (χ4n) is 3.46. The van der Waals surface area contributed by atoms with Crippen molar-refractivity contribution in [3.8, 4) is 0 Å². The molecule has 1 aromatic rings. The van der Waals surface area contributed by atoms with E-state index in [4.69, 9.17) is 4.74 Å². The van der Waals surface area contributed by atoms with Crippen molar-refractivity contribution < 1.29 is 14.6 Å². The summed E-state index contributed by atoms with van der Waals surface area (Å²) in [5.74, 6) is 0.244. The van der Waals surface area contributed by atoms with Gasteiger partial charge in [0.1, 0.15) is 6.61 Å². The minimum atomic E-state index is -0.385. The number of rotatable bonds is 2. The van der Waals surface area contributed by atoms with E-state index >= 15 is 0 Å². The Balaban J connectivity index is 1.59. The van der Waals surface area contributed by atoms with E-state index in [0.29, 0.717) is 13.2 Å². The quantitative estimate of drug-likeness (QED) is 0.902. The second-order valence-corrected chi connectivity index (χ2v) is 5.78. The zero-order valence-corrected chi connectivity index (χ0v) is 11.6. The smallest absolute Gasteiger partial charge is 0.410 e. The lowest BCUT2D eigenvalue weighted by atomic mass is 9.84. The van der Waals surface area contributed by atoms with Crippen LogP contribution in [0.25, 0.3) is 0 Å². The highest BCUT2D eigenvalue weighted by Gasteiger charge is 2.44. The van der Waals surface area contributed by atoms with Gasteiger partial charge in [-0.3, -0.25) is 0 Å². The van der Waals surface area contributed by atoms with Crippen LogP contribution in [-0.4, -0.2) is 34.8 Å². The lowest BCUT2D eigenvalue weighted by Crippen LogP contribution is -2.39. The van der Waals surface area contributed by atoms with Crippen LogP contribution in [0.4, 0.5) is 4.79 Å². The molecule has 1 aromatic carbocycles. The molecule has 1 heterocycles. The second kappa shape index (κ2) is 5.83. The molecule has 3 rings (SSSR count). The maximum atomic E-state index is 12.2. The van der Waals surface area contributed by atoms with Gasteiger partial charge in [0.2, 0.25) is 0 Å². The molecule has 4 heteroatoms. The summed E-state index contributed by atoms with van der Waals surface area (Å²) < 4.78 is 5.39. The van der Waals surface area contributed by atoms with Crippen LogP contribution in [0.15, 0.2) is 30.3 Å². The number of likely N-dealkylation sites (tertiary alicyclic amines) is 1. The van der Waals surface area contributed by atoms with Gasteiger partial charge in [-0.1, -0.05) is 43.2 Å². The average molecular weight is 275 g/mol. The Bertz CT molecular complexity index is 462. The maximum absolute atomic E-state index is 12.2. The summed E-state index contributed by atoms with van der Waals surface area (Å²) in [6, 6.07) is 9.85. The Kier molecular flexibility index (Phi) is 3.92. The van der Waals surface area contributed by atoms with Crippen molar-refractivity contribution in [2.45, 2.75) is 44.4 Å². The van der Waals surface area contributed by atoms with E-state index in [1.807, 2.05) is 30.3 Å². The summed E-state index contributed by atoms with van der Waals surface area (Å²) in [6.45, 7) is 0.715. The third-order valence-electron chi connectivity index (χ3n) is 4.50. The highest BCUT2D eigenvalue weighted by molar-refractivity contribution is 5.68. The molecule has 1 amide bonds. The van der Waals surface area contributed by atoms with Gasteiger partial charge in [0, 0.05) is 12.0 Å². The van der Waals surface area contributed by atoms with Crippen LogP contribution >= 0.6 is 0 Å². The first kappa shape index (κ1) is 13.4. The number of ether oxygens (including phenoxy) is 1. The maximum Gasteiger partial charge on any atom is 0.410 e. The van der Waals surface area contributed by atoms with E-state index < -0.39 is 0 Å². The van der Waals surface area contributed by atoms with Crippen molar-refractivity contribution in [2.75, 3.05) is 6.54 Å². The number of carbonyl (C=O) groups is 1. The van der Waals surface area contributed by atoms with Gasteiger partial charge in [0.05, 0.1) is 12.6 Å². The summed E-state index contributed by atoms with van der Waals surface area (Å²) in [5.41, 5.74) is 0.987. The molecule has 3 unspecified atom stereocenters. The van der Waals surface area contributed by atoms with Crippen LogP contribution < -0.4 is 0 Å². The van der Waals surface area contributed by atoms with E-state index in [2.05, 4.69) is 0 Å². The summed E-state index contributed by atoms with van der Waals surface area (Å²) in [7, 11) is 0. The fourth-order valence-corrected chi connectivity index (χ4v) is 3.46. The first-order valence-corrected chi connectivity index (χ1v) is 7.41. The minimum Gasteiger partial charge on any atom is -0.445 e. The highest BCUT2D eigenvalue weighted by Crippen LogP contribution is 2.36. The van der Waals surface area contributed by atoms with Crippen LogP contribution in [0.3, 0.4) is 0 Å². The molecule has 0 bridgehead atoms. The van der Waals surface area contributed by atoms with Gasteiger partial charge < -0.3 is 14.7 Å². The number of hydrogen-bond donors (Lipinski definition) is 1. The van der Waals surface area contributed by atoms with E-state index in [1.54, 1.807) is 4.90 Å². The van der Waals surface area contributed by atoms with E-state index in [0.717, 1.165) is 31.2 Å². The molecule has 1 aliphatic heterocycles. The molecule has 3 atom stereocenters. The van der Waals surface area contributed by atoms with E-state index in [9.17, 15) is 9.90 Å². The van der Waals surface area contributed by atoms with Crippen molar-refractivity contribution in [3.05, 3.63) is 35.9 Å². The molecule has 0 spiro atoms. The van der Waals surface area contributed by atoms with Crippen LogP contribution in [-0.2, 0) is 11.3 Å². The van der Waals surface area contributed by atoms with Crippen molar-refractivity contribution in [1.29, 1.82) is 0 Å². The zero-order valence-electron chi connectivity index (χ0n) is 11.6. The first-order valence-electron chi connectivity index (χ1n) is 7.41. The van der Waals surface area contributed by atoms with Crippen molar-refractivity contribution in [3.63, 3.8) is 0 Å². The number of fused-ring (bicyclic) bond motifs is 1. The molecule has 0 radical (unpaired) electrons. The van der Waals surface area contributed by atoms with Crippen LogP contribution in [0.1, 0.15) is 31.2 Å². The molecule has 1 saturated heterocycles. The SMILES string of the molecule is O=C(OCc1ccccc1)N1CC(O)C2CCCCC21. The monoisotopic (exact) mass is 275 g/mol. The fraction of sp³-hybridized carbons (Fsp3) is 0.562. The molecule has 20 heavy (non-hydrogen) atoms. The molecule has 1 aliphatic carbocycles. The van der Waals surface area contributed by atoms with Gasteiger partial charge in [0.25, 0.3) is 0 Å². The summed E-state index contributed by atoms with van der Waals surface area (Å²) in [5, 5.41) is 10.1. The molecule has 108 valence electrons. The number of β-amino-alcohol motifs (C(OH)–C–C–N with tert-alkyl or cyclic N) is 1. The third-order valence-corrected chi connectivity index (χ3v) is 4.50. The standard InChI is InChI=1S/C16H21NO3/c18-15-10-17(14-9-5-4-8-13(14)15)16(19)20-11-12-6-2-1-3-7-12/h1-3,6-7,13-15,18H,4-5,8-11H2. The summed E-state index contributed by atoms with van der Waals surface area (Å²) in [4.78, 5) is 13.9. The summed E-state index contributed by atoms with van der Waals surface area (Å²) >= 11 is 0. The van der Waals surface area contributed by atoms with Gasteiger partial charge in [0.15, 0.2) is 0 Å². The molecule has 2 fully saturated rings. The molecule has 1 saturated carbocycles. The first-order chi connectivity index (χ1) is 9.75. The van der Waals surface area contributed by atoms with Crippen molar-refractivity contribution in [2.24, 2.45) is 5.92 Å². The number of carbonyl (C=O) groups excluding carboxylic acids is 1. The van der Waals surface area contributed by atoms with Gasteiger partial charge in [-0.2, -0.15) is 0 Å². The number of hydrogen-bond acceptors (Lipinski definition) is 3. The molecule has 1 N–H and O–H groups in total. The Morgan fingerprint density at radius 1 is 1.25 bits per heavy atom. The molecule has 0 aromatic heterocycles. The van der Waals surface area contributed by atoms with Gasteiger partial charge in [-0.05, 0) is 18.4 Å². The predicted molar refractivity (Wildman–Crippen MR) is 75.1 cm³/mol. The number of aliphatic hydroxyl groups excluding tert-OH is 1. The Morgan fingerprint density at radius 3 is 2.80 bits per heavy atom. The average Bonchev–Trinajstić information content (AvgIpc) is 2.84. The largest absolute Gasteiger partial charge is 0.445 e. The third kappa shape index (κ3) is 2.66. The Labute approximate surface area is 119 Å². The topological polar surface area (TPSA) is 49.8 Å². The Morgan fingerprint density at radius 2 is 2.00 bits per heavy atom. The lowest BCUT2D eigenvalue weighted by molar-refractivity contribution is 0.0823. The molecule has 4 nitrogen and oxygen atoms in total. The van der Waals surface area contributed by atoms with Gasteiger partial charge in [-0.25, -0.2) is 4.79 Å². The number of benzene rings is 1. The van der Waals surface area contributed by atoms with E-state index in [-0.39, 0.29) is 24.2 Å². The minimum absolute atomic E-state index is 0.169. The summed E-state index contributed by atoms with van der Waals surface area (Å²) in [6.07, 6.45) is 3.63. The lowest BCUT2D eigenvalue weighted by Gasteiger charge is -2.31. The van der Waals surface area contributed by atoms with Gasteiger partial charge >= 0.3 is 6.09 Å². The van der Waals surface area contributed by atoms with E-state index in [1.165, 1.54) is 0 Å². The van der Waals surface area contributed by atoms with Crippen LogP contribution in [0.5, 0.6) is 0 Å². The van der Waals surface area contributed by atoms with Crippen molar-refractivity contribution in [1.82, 2.24) is 4.90 Å². The van der Waals surface area contributed by atoms with Crippen LogP contribution in [0.2, 0.25) is 0 Å². The number of amides is 1. The second-order valence-electron chi connectivity index (χ2n) is 5.78. The normalized spacial score (nSPS) is 29.1. The van der Waals surface area contributed by atoms with Crippen LogP contribution in [0, 0.1) is 5.92 Å². The van der Waals surface area contributed by atoms with Crippen molar-refractivity contribution >= 4 is 6.09 Å². The number of nitrogens with zero attached hydrogens (tertiary/aromatic N) is 1. The Hall–Kier alpha value is -1.55.